The van der Waals surface area contributed by atoms with Crippen molar-refractivity contribution in [1.29, 1.82) is 0 Å². The fourth-order valence-corrected chi connectivity index (χ4v) is 5.80. The van der Waals surface area contributed by atoms with Crippen LogP contribution < -0.4 is 26.2 Å². The van der Waals surface area contributed by atoms with Crippen molar-refractivity contribution in [1.82, 2.24) is 5.32 Å². The number of carbonyl (C=O) groups excluding carboxylic acids is 2. The van der Waals surface area contributed by atoms with Crippen molar-refractivity contribution < 1.29 is 15.8 Å². The molecular weight excluding hydrogens is 428 g/mol. The van der Waals surface area contributed by atoms with Gasteiger partial charge < -0.3 is 15.4 Å². The maximum Gasteiger partial charge on any atom is 0.268 e. The largest absolute Gasteiger partial charge is 0.489 e. The lowest BCUT2D eigenvalue weighted by Crippen LogP contribution is -2.38. The van der Waals surface area contributed by atoms with Crippen LogP contribution in [0.15, 0.2) is 9.59 Å². The molecular formula is C24H30N2O5S. The molecule has 0 radical (unpaired) electrons. The van der Waals surface area contributed by atoms with Crippen LogP contribution >= 0.6 is 11.3 Å². The Balaban J connectivity index is 0.00000259. The number of hydrogen-bond acceptors (Lipinski definition) is 6. The molecule has 1 aromatic heterocycles. The molecule has 0 aliphatic heterocycles. The molecule has 0 spiro atoms. The number of hydrogen-bond donors (Lipinski definition) is 2. The molecule has 2 fully saturated rings. The Bertz CT molecular complexity index is 1140. The Morgan fingerprint density at radius 2 is 1.88 bits per heavy atom. The van der Waals surface area contributed by atoms with Gasteiger partial charge in [-0.3, -0.25) is 19.2 Å². The number of fused-ring (bicyclic) bond motifs is 1. The maximum atomic E-state index is 13.1. The van der Waals surface area contributed by atoms with Crippen molar-refractivity contribution in [3.05, 3.63) is 42.0 Å². The van der Waals surface area contributed by atoms with Crippen molar-refractivity contribution in [3.63, 3.8) is 0 Å². The minimum Gasteiger partial charge on any atom is -0.489 e. The molecule has 1 aromatic carbocycles. The van der Waals surface area contributed by atoms with E-state index in [2.05, 4.69) is 10.6 Å². The van der Waals surface area contributed by atoms with Crippen molar-refractivity contribution >= 4 is 28.2 Å². The van der Waals surface area contributed by atoms with Crippen LogP contribution in [-0.4, -0.2) is 25.0 Å². The lowest BCUT2D eigenvalue weighted by atomic mass is 9.81. The van der Waals surface area contributed by atoms with Crippen LogP contribution in [0.3, 0.4) is 0 Å². The van der Waals surface area contributed by atoms with Crippen LogP contribution in [0.2, 0.25) is 0 Å². The van der Waals surface area contributed by atoms with Crippen LogP contribution in [0.1, 0.15) is 66.8 Å². The van der Waals surface area contributed by atoms with Gasteiger partial charge in [-0.25, -0.2) is 0 Å². The first-order valence-electron chi connectivity index (χ1n) is 11.6. The van der Waals surface area contributed by atoms with E-state index >= 15 is 0 Å². The van der Waals surface area contributed by atoms with Crippen molar-refractivity contribution in [2.45, 2.75) is 58.3 Å². The van der Waals surface area contributed by atoms with Crippen LogP contribution in [-0.2, 0) is 24.1 Å². The summed E-state index contributed by atoms with van der Waals surface area (Å²) in [4.78, 5) is 50.6. The van der Waals surface area contributed by atoms with E-state index in [0.717, 1.165) is 49.0 Å². The van der Waals surface area contributed by atoms with Crippen molar-refractivity contribution in [3.8, 4) is 5.75 Å². The zero-order valence-electron chi connectivity index (χ0n) is 18.3. The SMILES string of the molecule is CCOc1c(CC2CCc3sc(NC(=O)C4CC4)c(C(=O)NCC4CC4)c3C2)c(=O)c1=O.[HH]. The fraction of sp³-hybridized carbons (Fsp3) is 0.583. The third kappa shape index (κ3) is 4.12. The number of aryl methyl sites for hydroxylation is 1. The van der Waals surface area contributed by atoms with E-state index in [-0.39, 0.29) is 30.8 Å². The molecule has 32 heavy (non-hydrogen) atoms. The Hall–Kier alpha value is -2.48. The number of anilines is 1. The molecule has 2 aromatic rings. The Morgan fingerprint density at radius 1 is 1.09 bits per heavy atom. The zero-order valence-corrected chi connectivity index (χ0v) is 19.1. The molecule has 3 aliphatic carbocycles. The lowest BCUT2D eigenvalue weighted by Gasteiger charge is -2.24. The smallest absolute Gasteiger partial charge is 0.268 e. The summed E-state index contributed by atoms with van der Waals surface area (Å²) in [6.45, 7) is 2.82. The van der Waals surface area contributed by atoms with E-state index in [1.54, 1.807) is 6.92 Å². The second kappa shape index (κ2) is 8.46. The predicted molar refractivity (Wildman–Crippen MR) is 125 cm³/mol. The minimum atomic E-state index is -0.529. The minimum absolute atomic E-state index is 0. The van der Waals surface area contributed by atoms with E-state index in [0.29, 0.717) is 48.0 Å². The van der Waals surface area contributed by atoms with Crippen molar-refractivity contribution in [2.75, 3.05) is 18.5 Å². The highest BCUT2D eigenvalue weighted by atomic mass is 32.1. The van der Waals surface area contributed by atoms with Gasteiger partial charge in [0.25, 0.3) is 11.3 Å². The van der Waals surface area contributed by atoms with Gasteiger partial charge in [-0.1, -0.05) is 0 Å². The molecule has 1 atom stereocenters. The van der Waals surface area contributed by atoms with Crippen molar-refractivity contribution in [2.24, 2.45) is 17.8 Å². The number of carbonyl (C=O) groups is 2. The summed E-state index contributed by atoms with van der Waals surface area (Å²) in [5.74, 6) is 0.883. The standard InChI is InChI=1S/C24H28N2O5S.H2/c1-2-31-21-16(19(27)20(21)28)10-13-5-8-17-15(9-13)18(23(30)25-11-12-3-4-12)24(32-17)26-22(29)14-6-7-14;/h12-14H,2-11H2,1H3,(H,25,30)(H,26,29);1H. The molecule has 3 aliphatic rings. The number of nitrogens with one attached hydrogen (secondary N) is 2. The molecule has 0 bridgehead atoms. The number of rotatable bonds is 9. The van der Waals surface area contributed by atoms with Crippen LogP contribution in [0.5, 0.6) is 5.75 Å². The van der Waals surface area contributed by atoms with Gasteiger partial charge in [0, 0.05) is 18.8 Å². The molecule has 5 rings (SSSR count). The summed E-state index contributed by atoms with van der Waals surface area (Å²) < 4.78 is 5.38. The monoisotopic (exact) mass is 458 g/mol. The summed E-state index contributed by atoms with van der Waals surface area (Å²) in [5.41, 5.74) is 1.10. The molecule has 8 heteroatoms. The van der Waals surface area contributed by atoms with Gasteiger partial charge in [-0.05, 0) is 75.7 Å². The first-order valence-corrected chi connectivity index (χ1v) is 12.5. The molecule has 1 unspecified atom stereocenters. The van der Waals surface area contributed by atoms with Crippen LogP contribution in [0.4, 0.5) is 5.00 Å². The third-order valence-electron chi connectivity index (χ3n) is 6.77. The fourth-order valence-electron chi connectivity index (χ4n) is 4.55. The first-order chi connectivity index (χ1) is 15.5. The summed E-state index contributed by atoms with van der Waals surface area (Å²) in [5, 5.41) is 6.74. The highest BCUT2D eigenvalue weighted by molar-refractivity contribution is 7.17. The topological polar surface area (TPSA) is 102 Å². The van der Waals surface area contributed by atoms with Gasteiger partial charge in [0.2, 0.25) is 11.3 Å². The Labute approximate surface area is 191 Å². The normalized spacial score (nSPS) is 20.1. The lowest BCUT2D eigenvalue weighted by molar-refractivity contribution is -0.117. The number of thiophene rings is 1. The summed E-state index contributed by atoms with van der Waals surface area (Å²) >= 11 is 1.51. The van der Waals surface area contributed by atoms with E-state index in [1.807, 2.05) is 0 Å². The number of amides is 2. The molecule has 2 N–H and O–H groups in total. The number of ether oxygens (including phenoxy) is 1. The van der Waals surface area contributed by atoms with Gasteiger partial charge in [-0.15, -0.1) is 11.3 Å². The summed E-state index contributed by atoms with van der Waals surface area (Å²) in [7, 11) is 0. The Kier molecular flexibility index (Phi) is 5.65. The van der Waals surface area contributed by atoms with E-state index in [9.17, 15) is 19.2 Å². The molecule has 7 nitrogen and oxygen atoms in total. The van der Waals surface area contributed by atoms with Gasteiger partial charge in [-0.2, -0.15) is 0 Å². The highest BCUT2D eigenvalue weighted by Crippen LogP contribution is 2.42. The molecule has 172 valence electrons. The maximum absolute atomic E-state index is 13.1. The quantitative estimate of drug-likeness (QED) is 0.563. The average molecular weight is 459 g/mol. The summed E-state index contributed by atoms with van der Waals surface area (Å²) in [6, 6.07) is 0. The average Bonchev–Trinajstić information content (AvgIpc) is 3.70. The third-order valence-corrected chi connectivity index (χ3v) is 7.97. The van der Waals surface area contributed by atoms with Crippen LogP contribution in [0, 0.1) is 17.8 Å². The highest BCUT2D eigenvalue weighted by Gasteiger charge is 2.35. The van der Waals surface area contributed by atoms with Gasteiger partial charge >= 0.3 is 0 Å². The predicted octanol–water partition coefficient (Wildman–Crippen LogP) is 2.82. The van der Waals surface area contributed by atoms with Gasteiger partial charge in [0.15, 0.2) is 5.75 Å². The summed E-state index contributed by atoms with van der Waals surface area (Å²) in [6.07, 6.45) is 6.93. The van der Waals surface area contributed by atoms with E-state index in [4.69, 9.17) is 4.74 Å². The first kappa shape index (κ1) is 21.4. The zero-order chi connectivity index (χ0) is 22.4. The van der Waals surface area contributed by atoms with Gasteiger partial charge in [0.1, 0.15) is 5.00 Å². The van der Waals surface area contributed by atoms with E-state index in [1.165, 1.54) is 11.3 Å². The van der Waals surface area contributed by atoms with Gasteiger partial charge in [0.05, 0.1) is 17.7 Å². The van der Waals surface area contributed by atoms with Crippen LogP contribution in [0.25, 0.3) is 0 Å². The Morgan fingerprint density at radius 3 is 2.56 bits per heavy atom. The molecule has 0 saturated heterocycles. The van der Waals surface area contributed by atoms with E-state index < -0.39 is 10.9 Å². The molecule has 2 saturated carbocycles. The second-order valence-electron chi connectivity index (χ2n) is 9.34. The molecule has 2 amide bonds. The molecule has 1 heterocycles. The second-order valence-corrected chi connectivity index (χ2v) is 10.4.